The molecule has 16 heavy (non-hydrogen) atoms. The molecule has 1 unspecified atom stereocenters. The van der Waals surface area contributed by atoms with E-state index in [0.29, 0.717) is 11.0 Å². The van der Waals surface area contributed by atoms with E-state index in [1.165, 1.54) is 0 Å². The molecule has 0 amide bonds. The number of pyridine rings is 1. The summed E-state index contributed by atoms with van der Waals surface area (Å²) in [6.45, 7) is 6.07. The Bertz CT molecular complexity index is 388. The fourth-order valence-corrected chi connectivity index (χ4v) is 3.66. The van der Waals surface area contributed by atoms with Crippen LogP contribution in [-0.4, -0.2) is 16.0 Å². The Labute approximate surface area is 101 Å². The van der Waals surface area contributed by atoms with Gasteiger partial charge in [-0.25, -0.2) is 4.98 Å². The van der Waals surface area contributed by atoms with Gasteiger partial charge < -0.3 is 0 Å². The molecule has 1 fully saturated rings. The van der Waals surface area contributed by atoms with Gasteiger partial charge in [-0.15, -0.1) is 11.8 Å². The fraction of sp³-hybridized carbons (Fsp3) is 0.538. The number of rotatable bonds is 3. The summed E-state index contributed by atoms with van der Waals surface area (Å²) in [6.07, 6.45) is 2.81. The zero-order valence-corrected chi connectivity index (χ0v) is 10.8. The van der Waals surface area contributed by atoms with Gasteiger partial charge >= 0.3 is 0 Å². The summed E-state index contributed by atoms with van der Waals surface area (Å²) in [7, 11) is 0. The number of thioether (sulfide) groups is 1. The number of nitrogens with zero attached hydrogens (tertiary/aromatic N) is 1. The lowest BCUT2D eigenvalue weighted by Crippen LogP contribution is -2.50. The molecule has 1 aliphatic carbocycles. The predicted octanol–water partition coefficient (Wildman–Crippen LogP) is 3.18. The van der Waals surface area contributed by atoms with Crippen molar-refractivity contribution in [3.8, 4) is 0 Å². The van der Waals surface area contributed by atoms with Crippen LogP contribution < -0.4 is 0 Å². The average Bonchev–Trinajstić information content (AvgIpc) is 2.24. The second kappa shape index (κ2) is 4.21. The van der Waals surface area contributed by atoms with Crippen LogP contribution in [-0.2, 0) is 4.79 Å². The van der Waals surface area contributed by atoms with Crippen LogP contribution in [0.25, 0.3) is 0 Å². The highest BCUT2D eigenvalue weighted by atomic mass is 32.2. The minimum Gasteiger partial charge on any atom is -0.300 e. The first-order valence-corrected chi connectivity index (χ1v) is 6.48. The number of hydrogen-bond donors (Lipinski definition) is 0. The van der Waals surface area contributed by atoms with E-state index in [1.54, 1.807) is 18.7 Å². The van der Waals surface area contributed by atoms with Crippen LogP contribution in [0.1, 0.15) is 27.2 Å². The van der Waals surface area contributed by atoms with Crippen molar-refractivity contribution in [1.29, 1.82) is 0 Å². The third-order valence-corrected chi connectivity index (χ3v) is 5.14. The molecular weight excluding hydrogens is 218 g/mol. The van der Waals surface area contributed by atoms with Gasteiger partial charge in [-0.1, -0.05) is 19.9 Å². The molecule has 3 heteroatoms. The molecule has 1 heterocycles. The fourth-order valence-electron chi connectivity index (χ4n) is 2.34. The van der Waals surface area contributed by atoms with E-state index in [-0.39, 0.29) is 11.3 Å². The van der Waals surface area contributed by atoms with E-state index in [2.05, 4.69) is 18.8 Å². The SMILES string of the molecule is CC(=O)[C@H]1CC(Sc2ccccn2)C1(C)C. The van der Waals surface area contributed by atoms with Crippen molar-refractivity contribution in [1.82, 2.24) is 4.98 Å². The summed E-state index contributed by atoms with van der Waals surface area (Å²) in [5.74, 6) is 0.552. The van der Waals surface area contributed by atoms with Crippen LogP contribution in [0.15, 0.2) is 29.4 Å². The van der Waals surface area contributed by atoms with Crippen molar-refractivity contribution < 1.29 is 4.79 Å². The van der Waals surface area contributed by atoms with Gasteiger partial charge in [0.2, 0.25) is 0 Å². The van der Waals surface area contributed by atoms with E-state index in [4.69, 9.17) is 0 Å². The maximum absolute atomic E-state index is 11.4. The summed E-state index contributed by atoms with van der Waals surface area (Å²) < 4.78 is 0. The van der Waals surface area contributed by atoms with E-state index in [9.17, 15) is 4.79 Å². The highest BCUT2D eigenvalue weighted by molar-refractivity contribution is 8.00. The number of carbonyl (C=O) groups excluding carboxylic acids is 1. The molecule has 2 nitrogen and oxygen atoms in total. The Balaban J connectivity index is 2.02. The average molecular weight is 235 g/mol. The normalized spacial score (nSPS) is 27.2. The number of Topliss-reactive ketones (excluding diaryl/α,β-unsaturated/α-hetero) is 1. The van der Waals surface area contributed by atoms with Crippen molar-refractivity contribution in [3.05, 3.63) is 24.4 Å². The van der Waals surface area contributed by atoms with Crippen LogP contribution in [0.2, 0.25) is 0 Å². The standard InChI is InChI=1S/C13H17NOS/c1-9(15)10-8-11(13(10,2)3)16-12-6-4-5-7-14-12/h4-7,10-11H,8H2,1-3H3/t10-,11?/m1/s1. The summed E-state index contributed by atoms with van der Waals surface area (Å²) in [5.41, 5.74) is 0.105. The molecule has 1 saturated carbocycles. The minimum atomic E-state index is 0.105. The molecular formula is C13H17NOS. The highest BCUT2D eigenvalue weighted by Gasteiger charge is 2.50. The zero-order valence-electron chi connectivity index (χ0n) is 9.93. The summed E-state index contributed by atoms with van der Waals surface area (Å²) in [4.78, 5) is 15.7. The van der Waals surface area contributed by atoms with Crippen LogP contribution >= 0.6 is 11.8 Å². The van der Waals surface area contributed by atoms with Gasteiger partial charge in [0, 0.05) is 17.4 Å². The number of aromatic nitrogens is 1. The van der Waals surface area contributed by atoms with Gasteiger partial charge in [0.15, 0.2) is 0 Å². The van der Waals surface area contributed by atoms with Crippen molar-refractivity contribution in [2.75, 3.05) is 0 Å². The lowest BCUT2D eigenvalue weighted by atomic mass is 9.60. The second-order valence-electron chi connectivity index (χ2n) is 4.99. The lowest BCUT2D eigenvalue weighted by molar-refractivity contribution is -0.129. The summed E-state index contributed by atoms with van der Waals surface area (Å²) >= 11 is 1.80. The minimum absolute atomic E-state index is 0.105. The van der Waals surface area contributed by atoms with E-state index in [1.807, 2.05) is 24.4 Å². The van der Waals surface area contributed by atoms with Gasteiger partial charge in [0.05, 0.1) is 5.03 Å². The molecule has 0 bridgehead atoms. The predicted molar refractivity (Wildman–Crippen MR) is 66.5 cm³/mol. The first-order valence-electron chi connectivity index (χ1n) is 5.60. The number of carbonyl (C=O) groups is 1. The largest absolute Gasteiger partial charge is 0.300 e. The highest BCUT2D eigenvalue weighted by Crippen LogP contribution is 2.54. The molecule has 1 aromatic heterocycles. The molecule has 2 atom stereocenters. The molecule has 0 radical (unpaired) electrons. The maximum Gasteiger partial charge on any atom is 0.133 e. The molecule has 0 aliphatic heterocycles. The third kappa shape index (κ3) is 2.01. The van der Waals surface area contributed by atoms with Crippen molar-refractivity contribution in [2.45, 2.75) is 37.5 Å². The Kier molecular flexibility index (Phi) is 3.06. The van der Waals surface area contributed by atoms with Gasteiger partial charge in [-0.2, -0.15) is 0 Å². The van der Waals surface area contributed by atoms with Gasteiger partial charge in [0.25, 0.3) is 0 Å². The van der Waals surface area contributed by atoms with Gasteiger partial charge in [-0.05, 0) is 30.9 Å². The van der Waals surface area contributed by atoms with Crippen molar-refractivity contribution >= 4 is 17.5 Å². The van der Waals surface area contributed by atoms with Crippen LogP contribution in [0, 0.1) is 11.3 Å². The van der Waals surface area contributed by atoms with Crippen molar-refractivity contribution in [2.24, 2.45) is 11.3 Å². The Morgan fingerprint density at radius 2 is 2.25 bits per heavy atom. The maximum atomic E-state index is 11.4. The molecule has 0 spiro atoms. The van der Waals surface area contributed by atoms with E-state index in [0.717, 1.165) is 11.4 Å². The van der Waals surface area contributed by atoms with Gasteiger partial charge in [0.1, 0.15) is 5.78 Å². The van der Waals surface area contributed by atoms with E-state index >= 15 is 0 Å². The van der Waals surface area contributed by atoms with Crippen molar-refractivity contribution in [3.63, 3.8) is 0 Å². The zero-order chi connectivity index (χ0) is 11.8. The smallest absolute Gasteiger partial charge is 0.133 e. The topological polar surface area (TPSA) is 30.0 Å². The second-order valence-corrected chi connectivity index (χ2v) is 6.22. The molecule has 1 aromatic rings. The van der Waals surface area contributed by atoms with Crippen LogP contribution in [0.3, 0.4) is 0 Å². The molecule has 0 saturated heterocycles. The molecule has 1 aliphatic rings. The third-order valence-electron chi connectivity index (χ3n) is 3.57. The number of ketones is 1. The van der Waals surface area contributed by atoms with E-state index < -0.39 is 0 Å². The number of hydrogen-bond acceptors (Lipinski definition) is 3. The molecule has 0 N–H and O–H groups in total. The Morgan fingerprint density at radius 1 is 1.50 bits per heavy atom. The van der Waals surface area contributed by atoms with Gasteiger partial charge in [-0.3, -0.25) is 4.79 Å². The summed E-state index contributed by atoms with van der Waals surface area (Å²) in [5, 5.41) is 1.57. The molecule has 0 aromatic carbocycles. The first kappa shape index (κ1) is 11.6. The molecule has 2 rings (SSSR count). The summed E-state index contributed by atoms with van der Waals surface area (Å²) in [6, 6.07) is 5.96. The monoisotopic (exact) mass is 235 g/mol. The van der Waals surface area contributed by atoms with Crippen LogP contribution in [0.4, 0.5) is 0 Å². The quantitative estimate of drug-likeness (QED) is 0.806. The van der Waals surface area contributed by atoms with Crippen LogP contribution in [0.5, 0.6) is 0 Å². The Morgan fingerprint density at radius 3 is 2.75 bits per heavy atom. The first-order chi connectivity index (χ1) is 7.51. The Hall–Kier alpha value is -0.830. The molecule has 86 valence electrons. The lowest BCUT2D eigenvalue weighted by Gasteiger charge is -2.50.